The van der Waals surface area contributed by atoms with E-state index < -0.39 is 0 Å². The number of likely N-dealkylation sites (N-methyl/N-ethyl adjacent to an activating group) is 1. The average Bonchev–Trinajstić information content (AvgIpc) is 3.74. The molecule has 0 radical (unpaired) electrons. The van der Waals surface area contributed by atoms with Gasteiger partial charge in [0.2, 0.25) is 0 Å². The number of cyclic esters (lactones) is 1. The first-order valence-electron chi connectivity index (χ1n) is 16.6. The van der Waals surface area contributed by atoms with Gasteiger partial charge < -0.3 is 24.0 Å². The predicted octanol–water partition coefficient (Wildman–Crippen LogP) is 7.18. The summed E-state index contributed by atoms with van der Waals surface area (Å²) in [6.45, 7) is 16.3. The van der Waals surface area contributed by atoms with E-state index >= 15 is 0 Å². The zero-order valence-corrected chi connectivity index (χ0v) is 27.4. The second-order valence-electron chi connectivity index (χ2n) is 13.3. The van der Waals surface area contributed by atoms with Crippen LogP contribution in [0.1, 0.15) is 92.9 Å². The highest BCUT2D eigenvalue weighted by Crippen LogP contribution is 2.36. The van der Waals surface area contributed by atoms with Crippen LogP contribution in [0, 0.1) is 23.7 Å². The van der Waals surface area contributed by atoms with Gasteiger partial charge in [-0.1, -0.05) is 71.8 Å². The third-order valence-electron chi connectivity index (χ3n) is 9.18. The third kappa shape index (κ3) is 11.2. The van der Waals surface area contributed by atoms with E-state index in [0.29, 0.717) is 37.0 Å². The fourth-order valence-corrected chi connectivity index (χ4v) is 6.27. The van der Waals surface area contributed by atoms with E-state index in [4.69, 9.17) is 14.2 Å². The fourth-order valence-electron chi connectivity index (χ4n) is 6.27. The van der Waals surface area contributed by atoms with Crippen LogP contribution in [-0.4, -0.2) is 79.5 Å². The molecule has 7 heteroatoms. The van der Waals surface area contributed by atoms with E-state index in [2.05, 4.69) is 70.9 Å². The number of allylic oxidation sites excluding steroid dienone is 3. The van der Waals surface area contributed by atoms with Crippen molar-refractivity contribution >= 4 is 12.1 Å². The van der Waals surface area contributed by atoms with Crippen LogP contribution < -0.4 is 0 Å². The van der Waals surface area contributed by atoms with Crippen molar-refractivity contribution in [3.05, 3.63) is 36.0 Å². The Bertz CT molecular complexity index is 946. The van der Waals surface area contributed by atoms with Gasteiger partial charge in [-0.15, -0.1) is 0 Å². The van der Waals surface area contributed by atoms with Gasteiger partial charge in [0.15, 0.2) is 0 Å². The van der Waals surface area contributed by atoms with Crippen LogP contribution in [0.3, 0.4) is 0 Å². The number of rotatable bonds is 9. The summed E-state index contributed by atoms with van der Waals surface area (Å²) in [5.74, 6) is 1.01. The first-order valence-corrected chi connectivity index (χ1v) is 16.6. The molecule has 8 atom stereocenters. The van der Waals surface area contributed by atoms with E-state index in [-0.39, 0.29) is 36.1 Å². The number of epoxide rings is 1. The lowest BCUT2D eigenvalue weighted by atomic mass is 9.92. The number of hydrogen-bond acceptors (Lipinski definition) is 6. The average molecular weight is 587 g/mol. The van der Waals surface area contributed by atoms with Gasteiger partial charge in [0.25, 0.3) is 0 Å². The summed E-state index contributed by atoms with van der Waals surface area (Å²) in [7, 11) is 2.09. The number of amides is 1. The number of nitrogens with zero attached hydrogens (tertiary/aromatic N) is 2. The van der Waals surface area contributed by atoms with Crippen LogP contribution in [0.5, 0.6) is 0 Å². The van der Waals surface area contributed by atoms with Crippen LogP contribution in [0.25, 0.3) is 0 Å². The lowest BCUT2D eigenvalue weighted by Gasteiger charge is -2.28. The van der Waals surface area contributed by atoms with Gasteiger partial charge in [0.1, 0.15) is 12.2 Å². The second kappa shape index (κ2) is 17.2. The molecular weight excluding hydrogens is 528 g/mol. The highest BCUT2D eigenvalue weighted by atomic mass is 16.6. The van der Waals surface area contributed by atoms with Crippen molar-refractivity contribution in [2.45, 2.75) is 117 Å². The number of carbonyl (C=O) groups excluding carboxylic acids is 2. The summed E-state index contributed by atoms with van der Waals surface area (Å²) in [6, 6.07) is 0. The lowest BCUT2D eigenvalue weighted by molar-refractivity contribution is -0.148. The number of ether oxygens (including phenoxy) is 3. The van der Waals surface area contributed by atoms with Gasteiger partial charge in [0, 0.05) is 32.0 Å². The van der Waals surface area contributed by atoms with Crippen LogP contribution in [-0.2, 0) is 19.0 Å². The van der Waals surface area contributed by atoms with E-state index in [1.165, 1.54) is 12.8 Å². The van der Waals surface area contributed by atoms with Gasteiger partial charge in [-0.05, 0) is 82.0 Å². The highest BCUT2D eigenvalue weighted by Gasteiger charge is 2.42. The molecule has 42 heavy (non-hydrogen) atoms. The summed E-state index contributed by atoms with van der Waals surface area (Å²) in [4.78, 5) is 30.0. The molecule has 3 aliphatic rings. The lowest BCUT2D eigenvalue weighted by Crippen LogP contribution is -2.38. The quantitative estimate of drug-likeness (QED) is 0.123. The Kier molecular flexibility index (Phi) is 14.1. The van der Waals surface area contributed by atoms with Crippen molar-refractivity contribution in [1.82, 2.24) is 9.80 Å². The number of esters is 1. The molecule has 238 valence electrons. The minimum absolute atomic E-state index is 0.0589. The smallest absolute Gasteiger partial charge is 0.410 e. The molecule has 0 N–H and O–H groups in total. The molecule has 2 saturated heterocycles. The summed E-state index contributed by atoms with van der Waals surface area (Å²) in [5.41, 5.74) is 1.01. The topological polar surface area (TPSA) is 71.6 Å². The molecule has 0 saturated carbocycles. The zero-order chi connectivity index (χ0) is 30.6. The summed E-state index contributed by atoms with van der Waals surface area (Å²) in [6.07, 6.45) is 17.7. The SMILES string of the molecule is CCCC(C)C1OC1CC(C)C=CC=C(C)C1OC(=O)CCCCC(C)C(OC(=O)N2CCCN(C)CC2)C=CC1C. The molecule has 7 nitrogen and oxygen atoms in total. The first kappa shape index (κ1) is 34.4. The maximum absolute atomic E-state index is 13.1. The van der Waals surface area contributed by atoms with Gasteiger partial charge in [-0.2, -0.15) is 0 Å². The number of carbonyl (C=O) groups is 2. The van der Waals surface area contributed by atoms with Crippen molar-refractivity contribution in [3.63, 3.8) is 0 Å². The minimum atomic E-state index is -0.369. The standard InChI is InChI=1S/C35H58N2O5/c1-8-13-27(4)34-31(40-34)24-25(2)14-11-16-28(5)33-29(6)18-19-30(26(3)15-9-10-17-32(38)42-33)41-35(39)37-21-12-20-36(7)22-23-37/h11,14,16,18-19,25-27,29-31,33-34H,8-10,12-13,15,17,20-24H2,1-7H3. The maximum Gasteiger partial charge on any atom is 0.410 e. The predicted molar refractivity (Wildman–Crippen MR) is 169 cm³/mol. The summed E-state index contributed by atoms with van der Waals surface area (Å²) >= 11 is 0. The normalized spacial score (nSPS) is 31.9. The van der Waals surface area contributed by atoms with E-state index in [0.717, 1.165) is 57.3 Å². The van der Waals surface area contributed by atoms with E-state index in [9.17, 15) is 9.59 Å². The van der Waals surface area contributed by atoms with Gasteiger partial charge in [0.05, 0.1) is 12.2 Å². The molecule has 1 amide bonds. The Labute approximate surface area is 255 Å². The molecule has 0 aliphatic carbocycles. The van der Waals surface area contributed by atoms with Crippen LogP contribution in [0.4, 0.5) is 4.79 Å². The molecule has 3 rings (SSSR count). The Balaban J connectivity index is 1.64. The highest BCUT2D eigenvalue weighted by molar-refractivity contribution is 5.70. The zero-order valence-electron chi connectivity index (χ0n) is 27.4. The molecule has 0 spiro atoms. The first-order chi connectivity index (χ1) is 20.1. The Morgan fingerprint density at radius 2 is 1.90 bits per heavy atom. The van der Waals surface area contributed by atoms with Crippen molar-refractivity contribution in [2.75, 3.05) is 33.2 Å². The van der Waals surface area contributed by atoms with Crippen LogP contribution >= 0.6 is 0 Å². The van der Waals surface area contributed by atoms with Crippen molar-refractivity contribution in [3.8, 4) is 0 Å². The van der Waals surface area contributed by atoms with Crippen LogP contribution in [0.2, 0.25) is 0 Å². The molecule has 3 heterocycles. The van der Waals surface area contributed by atoms with Gasteiger partial charge in [-0.25, -0.2) is 4.79 Å². The largest absolute Gasteiger partial charge is 0.457 e. The molecule has 0 bridgehead atoms. The fraction of sp³-hybridized carbons (Fsp3) is 0.771. The molecule has 8 unspecified atom stereocenters. The van der Waals surface area contributed by atoms with E-state index in [1.807, 2.05) is 17.9 Å². The third-order valence-corrected chi connectivity index (χ3v) is 9.18. The van der Waals surface area contributed by atoms with Crippen molar-refractivity contribution in [2.24, 2.45) is 23.7 Å². The molecule has 2 fully saturated rings. The maximum atomic E-state index is 13.1. The van der Waals surface area contributed by atoms with E-state index in [1.54, 1.807) is 0 Å². The molecule has 0 aromatic carbocycles. The molecule has 0 aromatic rings. The molecule has 0 aromatic heterocycles. The van der Waals surface area contributed by atoms with Crippen molar-refractivity contribution in [1.29, 1.82) is 0 Å². The Morgan fingerprint density at radius 3 is 2.67 bits per heavy atom. The van der Waals surface area contributed by atoms with Crippen molar-refractivity contribution < 1.29 is 23.8 Å². The van der Waals surface area contributed by atoms with Gasteiger partial charge >= 0.3 is 12.1 Å². The van der Waals surface area contributed by atoms with Crippen LogP contribution in [0.15, 0.2) is 36.0 Å². The second-order valence-corrected chi connectivity index (χ2v) is 13.3. The monoisotopic (exact) mass is 586 g/mol. The molecular formula is C35H58N2O5. The summed E-state index contributed by atoms with van der Waals surface area (Å²) < 4.78 is 18.1. The van der Waals surface area contributed by atoms with Gasteiger partial charge in [-0.3, -0.25) is 4.79 Å². The minimum Gasteiger partial charge on any atom is -0.457 e. The summed E-state index contributed by atoms with van der Waals surface area (Å²) in [5, 5.41) is 0. The molecule has 3 aliphatic heterocycles. The number of hydrogen-bond donors (Lipinski definition) is 0. The Morgan fingerprint density at radius 1 is 1.12 bits per heavy atom. The Hall–Kier alpha value is -2.12.